The highest BCUT2D eigenvalue weighted by Gasteiger charge is 2.52. The van der Waals surface area contributed by atoms with E-state index in [1.807, 2.05) is 19.2 Å². The van der Waals surface area contributed by atoms with Crippen molar-refractivity contribution in [1.82, 2.24) is 0 Å². The van der Waals surface area contributed by atoms with Crippen LogP contribution in [0, 0.1) is 0 Å². The van der Waals surface area contributed by atoms with E-state index in [2.05, 4.69) is 53.7 Å². The van der Waals surface area contributed by atoms with Crippen LogP contribution < -0.4 is 14.2 Å². The van der Waals surface area contributed by atoms with Gasteiger partial charge in [-0.15, -0.1) is 0 Å². The highest BCUT2D eigenvalue weighted by atomic mass is 31.1. The first kappa shape index (κ1) is 32.2. The average molecular weight is 587 g/mol. The molecule has 1 unspecified atom stereocenters. The topological polar surface area (TPSA) is 46.2 Å². The fraction of sp³-hybridized carbons (Fsp3) is 0.714. The molecule has 41 heavy (non-hydrogen) atoms. The van der Waals surface area contributed by atoms with E-state index in [0.29, 0.717) is 11.3 Å². The van der Waals surface area contributed by atoms with Gasteiger partial charge in [-0.1, -0.05) is 52.5 Å². The predicted molar refractivity (Wildman–Crippen MR) is 172 cm³/mol. The summed E-state index contributed by atoms with van der Waals surface area (Å²) in [5.41, 5.74) is 3.45. The van der Waals surface area contributed by atoms with Crippen molar-refractivity contribution in [2.45, 2.75) is 147 Å². The molecule has 2 fully saturated rings. The molecular weight excluding hydrogens is 531 g/mol. The minimum atomic E-state index is -0.536. The van der Waals surface area contributed by atoms with Crippen molar-refractivity contribution in [3.05, 3.63) is 35.6 Å². The number of hydrogen-bond donors (Lipinski definition) is 0. The molecule has 0 saturated heterocycles. The molecule has 5 nitrogen and oxygen atoms in total. The molecule has 0 N–H and O–H groups in total. The lowest BCUT2D eigenvalue weighted by Gasteiger charge is -2.51. The zero-order chi connectivity index (χ0) is 29.6. The molecule has 3 aliphatic carbocycles. The fourth-order valence-corrected chi connectivity index (χ4v) is 11.8. The Morgan fingerprint density at radius 1 is 0.707 bits per heavy atom. The molecule has 6 heteroatoms. The van der Waals surface area contributed by atoms with Crippen LogP contribution in [-0.2, 0) is 9.47 Å². The van der Waals surface area contributed by atoms with E-state index in [1.54, 1.807) is 7.11 Å². The normalized spacial score (nSPS) is 22.7. The third-order valence-electron chi connectivity index (χ3n) is 8.60. The fourth-order valence-electron chi connectivity index (χ4n) is 7.17. The highest BCUT2D eigenvalue weighted by Crippen LogP contribution is 2.71. The monoisotopic (exact) mass is 586 g/mol. The second-order valence-electron chi connectivity index (χ2n) is 12.8. The summed E-state index contributed by atoms with van der Waals surface area (Å²) in [7, 11) is 3.19. The van der Waals surface area contributed by atoms with Crippen LogP contribution in [0.4, 0.5) is 0 Å². The van der Waals surface area contributed by atoms with Crippen LogP contribution in [0.1, 0.15) is 118 Å². The maximum Gasteiger partial charge on any atom is 0.134 e. The van der Waals surface area contributed by atoms with Crippen LogP contribution in [0.15, 0.2) is 30.0 Å². The van der Waals surface area contributed by atoms with Gasteiger partial charge in [0.2, 0.25) is 0 Å². The summed E-state index contributed by atoms with van der Waals surface area (Å²) in [4.78, 5) is 0. The van der Waals surface area contributed by atoms with Crippen LogP contribution in [-0.4, -0.2) is 49.2 Å². The molecule has 1 aromatic rings. The van der Waals surface area contributed by atoms with Gasteiger partial charge in [0.25, 0.3) is 0 Å². The lowest BCUT2D eigenvalue weighted by Crippen LogP contribution is -2.41. The number of methoxy groups -OCH3 is 2. The smallest absolute Gasteiger partial charge is 0.134 e. The van der Waals surface area contributed by atoms with E-state index >= 15 is 0 Å². The molecule has 0 bridgehead atoms. The van der Waals surface area contributed by atoms with Gasteiger partial charge in [0, 0.05) is 31.2 Å². The van der Waals surface area contributed by atoms with E-state index in [4.69, 9.17) is 23.7 Å². The summed E-state index contributed by atoms with van der Waals surface area (Å²) in [5.74, 6) is 3.16. The molecule has 3 aliphatic rings. The Balaban J connectivity index is 2.00. The van der Waals surface area contributed by atoms with Gasteiger partial charge in [-0.25, -0.2) is 0 Å². The van der Waals surface area contributed by atoms with Crippen molar-refractivity contribution in [2.24, 2.45) is 0 Å². The quantitative estimate of drug-likeness (QED) is 0.228. The molecule has 4 rings (SSSR count). The number of benzene rings is 1. The molecule has 2 saturated carbocycles. The number of allylic oxidation sites excluding steroid dienone is 1. The standard InChI is InChI=1S/C35H55O5P/c1-24(2)38-27-22-31(39-25(3)4)33(32(23-27)40-26(5)6)34-30(36-7)20-15-21-35(34,37-8)41(28-16-11-9-12-17-28)29-18-13-10-14-19-29/h15,20,22-26,28-29H,9-14,16-19,21H2,1-8H3. The minimum absolute atomic E-state index is 0.0178. The maximum atomic E-state index is 6.96. The summed E-state index contributed by atoms with van der Waals surface area (Å²) in [6, 6.07) is 4.09. The Hall–Kier alpha value is -1.71. The van der Waals surface area contributed by atoms with Gasteiger partial charge in [-0.05, 0) is 84.6 Å². The Morgan fingerprint density at radius 3 is 1.61 bits per heavy atom. The van der Waals surface area contributed by atoms with Gasteiger partial charge in [0.05, 0.1) is 31.0 Å². The van der Waals surface area contributed by atoms with Gasteiger partial charge in [0.1, 0.15) is 28.3 Å². The average Bonchev–Trinajstić information content (AvgIpc) is 2.93. The maximum absolute atomic E-state index is 6.96. The first-order chi connectivity index (χ1) is 19.7. The summed E-state index contributed by atoms with van der Waals surface area (Å²) in [6.45, 7) is 12.4. The molecule has 0 aliphatic heterocycles. The summed E-state index contributed by atoms with van der Waals surface area (Å²) in [5, 5.41) is -0.482. The van der Waals surface area contributed by atoms with E-state index in [0.717, 1.165) is 40.6 Å². The van der Waals surface area contributed by atoms with Crippen LogP contribution in [0.2, 0.25) is 0 Å². The van der Waals surface area contributed by atoms with Crippen molar-refractivity contribution in [3.63, 3.8) is 0 Å². The first-order valence-electron chi connectivity index (χ1n) is 16.2. The Bertz CT molecular complexity index is 1000. The van der Waals surface area contributed by atoms with E-state index in [1.165, 1.54) is 64.2 Å². The Morgan fingerprint density at radius 2 is 1.20 bits per heavy atom. The molecule has 1 atom stereocenters. The Kier molecular flexibility index (Phi) is 11.5. The van der Waals surface area contributed by atoms with Crippen molar-refractivity contribution < 1.29 is 23.7 Å². The third-order valence-corrected chi connectivity index (χ3v) is 12.6. The van der Waals surface area contributed by atoms with Crippen molar-refractivity contribution in [2.75, 3.05) is 14.2 Å². The Labute approximate surface area is 251 Å². The minimum Gasteiger partial charge on any atom is -0.496 e. The number of rotatable bonds is 12. The van der Waals surface area contributed by atoms with Gasteiger partial charge in [-0.2, -0.15) is 0 Å². The largest absolute Gasteiger partial charge is 0.496 e. The van der Waals surface area contributed by atoms with Crippen molar-refractivity contribution in [3.8, 4) is 17.2 Å². The SMILES string of the molecule is COC1=C(c2c(OC(C)C)cc(OC(C)C)cc2OC(C)C)C(OC)(P(C2CCCCC2)C2CCCCC2)CC=C1. The second-order valence-corrected chi connectivity index (χ2v) is 15.8. The molecule has 0 spiro atoms. The van der Waals surface area contributed by atoms with Crippen LogP contribution in [0.3, 0.4) is 0 Å². The molecule has 0 aromatic heterocycles. The van der Waals surface area contributed by atoms with Gasteiger partial charge < -0.3 is 23.7 Å². The lowest BCUT2D eigenvalue weighted by atomic mass is 9.90. The van der Waals surface area contributed by atoms with Crippen molar-refractivity contribution >= 4 is 13.5 Å². The van der Waals surface area contributed by atoms with E-state index < -0.39 is 13.3 Å². The third kappa shape index (κ3) is 7.45. The van der Waals surface area contributed by atoms with Gasteiger partial charge >= 0.3 is 0 Å². The summed E-state index contributed by atoms with van der Waals surface area (Å²) >= 11 is 0. The number of ether oxygens (including phenoxy) is 5. The van der Waals surface area contributed by atoms with Gasteiger partial charge in [-0.3, -0.25) is 0 Å². The summed E-state index contributed by atoms with van der Waals surface area (Å²) in [6.07, 6.45) is 18.5. The van der Waals surface area contributed by atoms with Crippen LogP contribution in [0.25, 0.3) is 5.57 Å². The second kappa shape index (κ2) is 14.6. The first-order valence-corrected chi connectivity index (χ1v) is 17.6. The van der Waals surface area contributed by atoms with Gasteiger partial charge in [0.15, 0.2) is 0 Å². The van der Waals surface area contributed by atoms with E-state index in [-0.39, 0.29) is 18.3 Å². The number of hydrogen-bond acceptors (Lipinski definition) is 5. The molecule has 0 amide bonds. The van der Waals surface area contributed by atoms with Crippen LogP contribution in [0.5, 0.6) is 17.2 Å². The van der Waals surface area contributed by atoms with E-state index in [9.17, 15) is 0 Å². The molecule has 1 aromatic carbocycles. The molecule has 230 valence electrons. The predicted octanol–water partition coefficient (Wildman–Crippen LogP) is 9.86. The summed E-state index contributed by atoms with van der Waals surface area (Å²) < 4.78 is 32.7. The molecule has 0 radical (unpaired) electrons. The highest BCUT2D eigenvalue weighted by molar-refractivity contribution is 7.61. The van der Waals surface area contributed by atoms with Crippen LogP contribution >= 0.6 is 7.92 Å². The zero-order valence-corrected chi connectivity index (χ0v) is 27.9. The molecular formula is C35H55O5P. The zero-order valence-electron chi connectivity index (χ0n) is 27.0. The molecule has 0 heterocycles. The lowest BCUT2D eigenvalue weighted by molar-refractivity contribution is 0.107. The van der Waals surface area contributed by atoms with Crippen molar-refractivity contribution in [1.29, 1.82) is 0 Å².